The van der Waals surface area contributed by atoms with Crippen molar-refractivity contribution in [2.75, 3.05) is 0 Å². The van der Waals surface area contributed by atoms with Crippen LogP contribution in [0.5, 0.6) is 0 Å². The molecule has 0 radical (unpaired) electrons. The first-order valence-electron chi connectivity index (χ1n) is 6.02. The molecule has 0 aromatic carbocycles. The summed E-state index contributed by atoms with van der Waals surface area (Å²) in [6.45, 7) is 0. The smallest absolute Gasteiger partial charge is 0.142 e. The molecule has 0 nitrogen and oxygen atoms in total. The SMILES string of the molecule is BBBBBBBBBBBBS. The van der Waals surface area contributed by atoms with E-state index >= 15 is 0 Å². The monoisotopic (exact) mass is 178 g/mol. The van der Waals surface area contributed by atoms with Crippen LogP contribution in [0.2, 0.25) is 0 Å². The van der Waals surface area contributed by atoms with Crippen LogP contribution in [0.3, 0.4) is 0 Å². The van der Waals surface area contributed by atoms with Gasteiger partial charge in [0.2, 0.25) is 0 Å². The van der Waals surface area contributed by atoms with Crippen LogP contribution in [0, 0.1) is 0 Å². The predicted molar refractivity (Wildman–Crippen MR) is 96.2 cm³/mol. The fraction of sp³-hybridized carbons (Fsp3) is 0. The molecule has 0 amide bonds. The van der Waals surface area contributed by atoms with Gasteiger partial charge >= 0.3 is 0 Å². The second-order valence-electron chi connectivity index (χ2n) is 3.91. The van der Waals surface area contributed by atoms with Crippen LogP contribution < -0.4 is 0 Å². The molecule has 0 heterocycles. The minimum Gasteiger partial charge on any atom is -0.242 e. The molecule has 0 aliphatic heterocycles. The fourth-order valence-electron chi connectivity index (χ4n) is 1.60. The first-order valence-corrected chi connectivity index (χ1v) is 6.66. The van der Waals surface area contributed by atoms with E-state index in [9.17, 15) is 0 Å². The maximum Gasteiger partial charge on any atom is 0.142 e. The van der Waals surface area contributed by atoms with Crippen LogP contribution in [-0.4, -0.2) is 84.8 Å². The van der Waals surface area contributed by atoms with Gasteiger partial charge in [-0.15, -0.1) is 0 Å². The van der Waals surface area contributed by atoms with Crippen LogP contribution in [0.1, 0.15) is 0 Å². The molecule has 0 atom stereocenters. The molecule has 0 spiro atoms. The van der Waals surface area contributed by atoms with Gasteiger partial charge in [0.25, 0.3) is 0 Å². The van der Waals surface area contributed by atoms with E-state index in [1.165, 1.54) is 70.6 Å². The molecule has 0 fully saturated rings. The van der Waals surface area contributed by atoms with Gasteiger partial charge in [-0.25, -0.2) is 12.5 Å². The summed E-state index contributed by atoms with van der Waals surface area (Å²) in [6.07, 6.45) is 1.07. The number of hydrogen-bond donors (Lipinski definition) is 1. The highest BCUT2D eigenvalue weighted by Crippen LogP contribution is 1.62. The third kappa shape index (κ3) is 13.1. The van der Waals surface area contributed by atoms with Crippen molar-refractivity contribution in [2.24, 2.45) is 0 Å². The summed E-state index contributed by atoms with van der Waals surface area (Å²) >= 11 is 4.20. The molecule has 0 aliphatic rings. The molecule has 0 saturated heterocycles. The van der Waals surface area contributed by atoms with Crippen molar-refractivity contribution in [1.29, 1.82) is 0 Å². The van der Waals surface area contributed by atoms with Crippen molar-refractivity contribution in [1.82, 2.24) is 0 Å². The average molecular weight is 176 g/mol. The van der Waals surface area contributed by atoms with Crippen molar-refractivity contribution in [3.05, 3.63) is 0 Å². The lowest BCUT2D eigenvalue weighted by Crippen LogP contribution is -2.33. The number of hydrogen-bond acceptors (Lipinski definition) is 1. The van der Waals surface area contributed by atoms with Gasteiger partial charge in [-0.3, -0.25) is 0 Å². The second kappa shape index (κ2) is 13.1. The topological polar surface area (TPSA) is 0 Å². The molecule has 0 aromatic rings. The largest absolute Gasteiger partial charge is 0.242 e. The molecule has 0 unspecified atom stereocenters. The van der Waals surface area contributed by atoms with Crippen LogP contribution in [-0.2, 0) is 0 Å². The fourth-order valence-corrected chi connectivity index (χ4v) is 1.82. The van der Waals surface area contributed by atoms with E-state index in [0.717, 1.165) is 6.45 Å². The zero-order valence-corrected chi connectivity index (χ0v) is 10.1. The zero-order valence-electron chi connectivity index (χ0n) is 9.23. The summed E-state index contributed by atoms with van der Waals surface area (Å²) < 4.78 is 0. The minimum absolute atomic E-state index is 1.07. The normalized spacial score (nSPS) is 7.15. The van der Waals surface area contributed by atoms with Gasteiger partial charge in [0.1, 0.15) is 6.45 Å². The molecule has 0 aromatic heterocycles. The van der Waals surface area contributed by atoms with Gasteiger partial charge in [0.15, 0.2) is 0 Å². The third-order valence-electron chi connectivity index (χ3n) is 2.51. The Morgan fingerprint density at radius 2 is 1.00 bits per heavy atom. The Balaban J connectivity index is 2.76. The van der Waals surface area contributed by atoms with E-state index in [1.54, 1.807) is 0 Å². The molecule has 56 valence electrons. The van der Waals surface area contributed by atoms with Gasteiger partial charge in [-0.1, -0.05) is 0 Å². The first-order chi connectivity index (χ1) is 6.41. The van der Waals surface area contributed by atoms with E-state index in [0.29, 0.717) is 0 Å². The van der Waals surface area contributed by atoms with E-state index in [1.807, 2.05) is 0 Å². The molecule has 0 saturated carbocycles. The van der Waals surface area contributed by atoms with Crippen molar-refractivity contribution < 1.29 is 0 Å². The molecule has 13 heteroatoms. The summed E-state index contributed by atoms with van der Waals surface area (Å²) in [6, 6.07) is 0. The maximum atomic E-state index is 4.20. The lowest BCUT2D eigenvalue weighted by molar-refractivity contribution is 3.81. The van der Waals surface area contributed by atoms with Gasteiger partial charge in [0.05, 0.1) is 14.8 Å². The highest BCUT2D eigenvalue weighted by molar-refractivity contribution is 8.14. The Hall–Kier alpha value is 1.13. The Bertz CT molecular complexity index is 71.2. The Labute approximate surface area is 97.3 Å². The van der Waals surface area contributed by atoms with Crippen molar-refractivity contribution in [2.45, 2.75) is 0 Å². The Kier molecular flexibility index (Phi) is 14.3. The summed E-state index contributed by atoms with van der Waals surface area (Å²) in [4.78, 5) is 0. The van der Waals surface area contributed by atoms with Crippen LogP contribution in [0.15, 0.2) is 0 Å². The van der Waals surface area contributed by atoms with Crippen molar-refractivity contribution in [3.8, 4) is 0 Å². The highest BCUT2D eigenvalue weighted by Gasteiger charge is 2.00. The summed E-state index contributed by atoms with van der Waals surface area (Å²) in [5, 5.41) is 0. The van der Waals surface area contributed by atoms with Gasteiger partial charge < -0.3 is 0 Å². The average Bonchev–Trinajstić information content (AvgIpc) is 2.16. The first kappa shape index (κ1) is 14.1. The quantitative estimate of drug-likeness (QED) is 0.191. The molecule has 13 heavy (non-hydrogen) atoms. The van der Waals surface area contributed by atoms with E-state index in [4.69, 9.17) is 0 Å². The molecule has 0 aliphatic carbocycles. The second-order valence-corrected chi connectivity index (χ2v) is 4.35. The third-order valence-corrected chi connectivity index (χ3v) is 2.83. The van der Waals surface area contributed by atoms with Gasteiger partial charge in [-0.2, -0.15) is 0 Å². The molecule has 0 bridgehead atoms. The van der Waals surface area contributed by atoms with Crippen molar-refractivity contribution in [3.63, 3.8) is 0 Å². The standard InChI is InChI=1S/B12H14S/c1-2-3-4-5-6-7-8-9-10-11-12-13/h2-13H,1H2. The Morgan fingerprint density at radius 1 is 0.615 bits per heavy atom. The number of rotatable bonds is 10. The highest BCUT2D eigenvalue weighted by atomic mass is 32.1. The van der Waals surface area contributed by atoms with Crippen LogP contribution in [0.4, 0.5) is 0 Å². The van der Waals surface area contributed by atoms with Crippen LogP contribution >= 0.6 is 12.5 Å². The van der Waals surface area contributed by atoms with Crippen molar-refractivity contribution >= 4 is 97.3 Å². The number of thiol groups is 1. The summed E-state index contributed by atoms with van der Waals surface area (Å²) in [7, 11) is 16.5. The van der Waals surface area contributed by atoms with E-state index < -0.39 is 0 Å². The Morgan fingerprint density at radius 3 is 1.38 bits per heavy atom. The van der Waals surface area contributed by atoms with Gasteiger partial charge in [-0.05, 0) is 0 Å². The van der Waals surface area contributed by atoms with Gasteiger partial charge in [0, 0.05) is 63.5 Å². The minimum atomic E-state index is 1.07. The van der Waals surface area contributed by atoms with E-state index in [2.05, 4.69) is 20.2 Å². The van der Waals surface area contributed by atoms with Crippen LogP contribution in [0.25, 0.3) is 0 Å². The van der Waals surface area contributed by atoms with E-state index in [-0.39, 0.29) is 0 Å². The summed E-state index contributed by atoms with van der Waals surface area (Å²) in [5.41, 5.74) is 0. The molecule has 0 rings (SSSR count). The molecule has 0 N–H and O–H groups in total. The molecular weight excluding hydrogens is 162 g/mol. The lowest BCUT2D eigenvalue weighted by Gasteiger charge is -1.91. The lowest BCUT2D eigenvalue weighted by atomic mass is 8.87. The molecular formula is H14B12S. The summed E-state index contributed by atoms with van der Waals surface area (Å²) in [5.74, 6) is 0. The maximum absolute atomic E-state index is 4.20. The predicted octanol–water partition coefficient (Wildman–Crippen LogP) is -7.67. The zero-order chi connectivity index (χ0) is 9.78.